The number of para-hydroxylation sites is 1. The SMILES string of the molecule is Cc1ccc(OCCNC(=O)c2oc3ccccc3c2CN(C)C)cc1. The molecule has 1 aromatic heterocycles. The maximum Gasteiger partial charge on any atom is 0.287 e. The number of fused-ring (bicyclic) bond motifs is 1. The van der Waals surface area contributed by atoms with Crippen molar-refractivity contribution in [3.05, 3.63) is 65.4 Å². The summed E-state index contributed by atoms with van der Waals surface area (Å²) < 4.78 is 11.5. The number of carbonyl (C=O) groups is 1. The summed E-state index contributed by atoms with van der Waals surface area (Å²) >= 11 is 0. The minimum Gasteiger partial charge on any atom is -0.492 e. The van der Waals surface area contributed by atoms with Gasteiger partial charge in [0.2, 0.25) is 0 Å². The van der Waals surface area contributed by atoms with E-state index < -0.39 is 0 Å². The molecule has 0 aliphatic heterocycles. The van der Waals surface area contributed by atoms with Crippen LogP contribution < -0.4 is 10.1 Å². The van der Waals surface area contributed by atoms with E-state index in [4.69, 9.17) is 9.15 Å². The van der Waals surface area contributed by atoms with Crippen LogP contribution in [0.1, 0.15) is 21.7 Å². The van der Waals surface area contributed by atoms with Gasteiger partial charge >= 0.3 is 0 Å². The Kier molecular flexibility index (Phi) is 5.58. The smallest absolute Gasteiger partial charge is 0.287 e. The van der Waals surface area contributed by atoms with Gasteiger partial charge in [0, 0.05) is 17.5 Å². The molecule has 1 amide bonds. The molecule has 0 saturated carbocycles. The molecule has 0 spiro atoms. The van der Waals surface area contributed by atoms with Crippen molar-refractivity contribution in [2.75, 3.05) is 27.2 Å². The molecule has 0 fully saturated rings. The molecule has 0 radical (unpaired) electrons. The van der Waals surface area contributed by atoms with Gasteiger partial charge in [-0.05, 0) is 39.2 Å². The molecule has 0 aliphatic rings. The van der Waals surface area contributed by atoms with Gasteiger partial charge in [-0.25, -0.2) is 0 Å². The molecule has 0 atom stereocenters. The number of hydrogen-bond donors (Lipinski definition) is 1. The van der Waals surface area contributed by atoms with Gasteiger partial charge in [0.1, 0.15) is 17.9 Å². The van der Waals surface area contributed by atoms with Crippen LogP contribution in [-0.2, 0) is 6.54 Å². The van der Waals surface area contributed by atoms with Crippen molar-refractivity contribution in [2.45, 2.75) is 13.5 Å². The van der Waals surface area contributed by atoms with Gasteiger partial charge in [0.05, 0.1) is 6.54 Å². The average Bonchev–Trinajstić information content (AvgIpc) is 2.98. The van der Waals surface area contributed by atoms with Crippen LogP contribution in [0.2, 0.25) is 0 Å². The highest BCUT2D eigenvalue weighted by molar-refractivity contribution is 5.99. The van der Waals surface area contributed by atoms with E-state index in [2.05, 4.69) is 5.32 Å². The summed E-state index contributed by atoms with van der Waals surface area (Å²) in [6.07, 6.45) is 0. The third-order valence-corrected chi connectivity index (χ3v) is 4.06. The lowest BCUT2D eigenvalue weighted by molar-refractivity contribution is 0.0919. The number of nitrogens with one attached hydrogen (secondary N) is 1. The van der Waals surface area contributed by atoms with Crippen molar-refractivity contribution in [3.63, 3.8) is 0 Å². The first-order valence-electron chi connectivity index (χ1n) is 8.67. The van der Waals surface area contributed by atoms with Gasteiger partial charge in [-0.3, -0.25) is 4.79 Å². The van der Waals surface area contributed by atoms with Crippen molar-refractivity contribution >= 4 is 16.9 Å². The maximum atomic E-state index is 12.6. The minimum atomic E-state index is -0.217. The lowest BCUT2D eigenvalue weighted by Gasteiger charge is -2.11. The molecule has 5 heteroatoms. The van der Waals surface area contributed by atoms with Gasteiger partial charge in [-0.2, -0.15) is 0 Å². The number of ether oxygens (including phenoxy) is 1. The molecule has 1 heterocycles. The van der Waals surface area contributed by atoms with Gasteiger partial charge in [-0.15, -0.1) is 0 Å². The topological polar surface area (TPSA) is 54.7 Å². The predicted molar refractivity (Wildman–Crippen MR) is 103 cm³/mol. The molecule has 136 valence electrons. The lowest BCUT2D eigenvalue weighted by Crippen LogP contribution is -2.29. The zero-order valence-electron chi connectivity index (χ0n) is 15.4. The van der Waals surface area contributed by atoms with Crippen molar-refractivity contribution < 1.29 is 13.9 Å². The number of carbonyl (C=O) groups excluding carboxylic acids is 1. The Labute approximate surface area is 153 Å². The largest absolute Gasteiger partial charge is 0.492 e. The number of benzene rings is 2. The highest BCUT2D eigenvalue weighted by atomic mass is 16.5. The molecule has 0 unspecified atom stereocenters. The van der Waals surface area contributed by atoms with Crippen molar-refractivity contribution in [2.24, 2.45) is 0 Å². The fraction of sp³-hybridized carbons (Fsp3) is 0.286. The summed E-state index contributed by atoms with van der Waals surface area (Å²) in [6, 6.07) is 15.6. The van der Waals surface area contributed by atoms with Gasteiger partial charge in [-0.1, -0.05) is 35.9 Å². The number of amides is 1. The molecule has 3 aromatic rings. The molecular formula is C21H24N2O3. The van der Waals surface area contributed by atoms with Crippen LogP contribution in [0.5, 0.6) is 5.75 Å². The van der Waals surface area contributed by atoms with E-state index in [1.807, 2.05) is 74.4 Å². The zero-order chi connectivity index (χ0) is 18.5. The third-order valence-electron chi connectivity index (χ3n) is 4.06. The Hall–Kier alpha value is -2.79. The summed E-state index contributed by atoms with van der Waals surface area (Å²) in [5.41, 5.74) is 2.82. The molecular weight excluding hydrogens is 328 g/mol. The molecule has 0 aliphatic carbocycles. The Bertz CT molecular complexity index is 882. The van der Waals surface area contributed by atoms with E-state index in [0.29, 0.717) is 25.5 Å². The van der Waals surface area contributed by atoms with Gasteiger partial charge in [0.15, 0.2) is 5.76 Å². The van der Waals surface area contributed by atoms with E-state index >= 15 is 0 Å². The maximum absolute atomic E-state index is 12.6. The first-order chi connectivity index (χ1) is 12.5. The molecule has 0 bridgehead atoms. The van der Waals surface area contributed by atoms with E-state index in [0.717, 1.165) is 22.3 Å². The van der Waals surface area contributed by atoms with Crippen LogP contribution in [0.15, 0.2) is 52.9 Å². The number of rotatable bonds is 7. The van der Waals surface area contributed by atoms with Crippen LogP contribution in [-0.4, -0.2) is 38.1 Å². The molecule has 0 saturated heterocycles. The van der Waals surface area contributed by atoms with Crippen molar-refractivity contribution in [1.29, 1.82) is 0 Å². The fourth-order valence-electron chi connectivity index (χ4n) is 2.80. The highest BCUT2D eigenvalue weighted by Gasteiger charge is 2.20. The molecule has 1 N–H and O–H groups in total. The lowest BCUT2D eigenvalue weighted by atomic mass is 10.1. The van der Waals surface area contributed by atoms with Crippen LogP contribution in [0.3, 0.4) is 0 Å². The Morgan fingerprint density at radius 3 is 2.58 bits per heavy atom. The quantitative estimate of drug-likeness (QED) is 0.660. The fourth-order valence-corrected chi connectivity index (χ4v) is 2.80. The standard InChI is InChI=1S/C21H24N2O3/c1-15-8-10-16(11-9-15)25-13-12-22-21(24)20-18(14-23(2)3)17-6-4-5-7-19(17)26-20/h4-11H,12-14H2,1-3H3,(H,22,24). The average molecular weight is 352 g/mol. The van der Waals surface area contributed by atoms with Crippen molar-refractivity contribution in [3.8, 4) is 5.75 Å². The second-order valence-corrected chi connectivity index (χ2v) is 6.56. The van der Waals surface area contributed by atoms with Crippen LogP contribution >= 0.6 is 0 Å². The van der Waals surface area contributed by atoms with Crippen LogP contribution in [0, 0.1) is 6.92 Å². The third kappa shape index (κ3) is 4.24. The summed E-state index contributed by atoms with van der Waals surface area (Å²) in [5, 5.41) is 3.85. The first kappa shape index (κ1) is 18.0. The second-order valence-electron chi connectivity index (χ2n) is 6.56. The van der Waals surface area contributed by atoms with Crippen molar-refractivity contribution in [1.82, 2.24) is 10.2 Å². The van der Waals surface area contributed by atoms with E-state index in [9.17, 15) is 4.79 Å². The highest BCUT2D eigenvalue weighted by Crippen LogP contribution is 2.26. The Morgan fingerprint density at radius 2 is 1.85 bits per heavy atom. The zero-order valence-corrected chi connectivity index (χ0v) is 15.4. The predicted octanol–water partition coefficient (Wildman–Crippen LogP) is 3.61. The second kappa shape index (κ2) is 8.06. The van der Waals surface area contributed by atoms with E-state index in [1.54, 1.807) is 0 Å². The monoisotopic (exact) mass is 352 g/mol. The van der Waals surface area contributed by atoms with Crippen LogP contribution in [0.25, 0.3) is 11.0 Å². The number of aryl methyl sites for hydroxylation is 1. The molecule has 2 aromatic carbocycles. The Morgan fingerprint density at radius 1 is 1.12 bits per heavy atom. The number of hydrogen-bond acceptors (Lipinski definition) is 4. The van der Waals surface area contributed by atoms with Gasteiger partial charge < -0.3 is 19.4 Å². The molecule has 3 rings (SSSR count). The Balaban J connectivity index is 1.64. The van der Waals surface area contributed by atoms with E-state index in [-0.39, 0.29) is 5.91 Å². The normalized spacial score (nSPS) is 11.1. The number of furan rings is 1. The minimum absolute atomic E-state index is 0.217. The summed E-state index contributed by atoms with van der Waals surface area (Å²) in [4.78, 5) is 14.6. The summed E-state index contributed by atoms with van der Waals surface area (Å²) in [7, 11) is 3.94. The van der Waals surface area contributed by atoms with Gasteiger partial charge in [0.25, 0.3) is 5.91 Å². The van der Waals surface area contributed by atoms with Crippen LogP contribution in [0.4, 0.5) is 0 Å². The molecule has 5 nitrogen and oxygen atoms in total. The summed E-state index contributed by atoms with van der Waals surface area (Å²) in [6.45, 7) is 3.48. The first-order valence-corrected chi connectivity index (χ1v) is 8.67. The number of nitrogens with zero attached hydrogens (tertiary/aromatic N) is 1. The molecule has 26 heavy (non-hydrogen) atoms. The van der Waals surface area contributed by atoms with E-state index in [1.165, 1.54) is 5.56 Å². The summed E-state index contributed by atoms with van der Waals surface area (Å²) in [5.74, 6) is 0.947.